The first-order valence-corrected chi connectivity index (χ1v) is 8.94. The highest BCUT2D eigenvalue weighted by Gasteiger charge is 2.60. The van der Waals surface area contributed by atoms with E-state index in [9.17, 15) is 15.0 Å². The van der Waals surface area contributed by atoms with Crippen LogP contribution in [0.2, 0.25) is 0 Å². The van der Waals surface area contributed by atoms with Gasteiger partial charge in [-0.3, -0.25) is 4.79 Å². The lowest BCUT2D eigenvalue weighted by atomic mass is 9.44. The summed E-state index contributed by atoms with van der Waals surface area (Å²) in [5.74, 6) is -0.338. The Kier molecular flexibility index (Phi) is 3.79. The predicted octanol–water partition coefficient (Wildman–Crippen LogP) is 4.18. The third kappa shape index (κ3) is 2.31. The molecule has 0 bridgehead atoms. The second-order valence-corrected chi connectivity index (χ2v) is 8.83. The maximum absolute atomic E-state index is 12.0. The van der Waals surface area contributed by atoms with Gasteiger partial charge in [-0.1, -0.05) is 32.4 Å². The Morgan fingerprint density at radius 2 is 2.00 bits per heavy atom. The smallest absolute Gasteiger partial charge is 0.309 e. The Hall–Kier alpha value is -1.09. The van der Waals surface area contributed by atoms with Crippen molar-refractivity contribution in [1.29, 1.82) is 0 Å². The standard InChI is InChI=1S/C20H30O3/c1-5-18(2)10-7-14-13(12-18)15(21)11-16-19(14,3)8-6-9-20(16,4)17(22)23/h5,12,14-16,21H,1,6-11H2,2-4H3,(H,22,23)/t14-,15-,16+,18+,19?,20?/m1/s1. The second kappa shape index (κ2) is 5.20. The Morgan fingerprint density at radius 1 is 1.30 bits per heavy atom. The fraction of sp³-hybridized carbons (Fsp3) is 0.750. The summed E-state index contributed by atoms with van der Waals surface area (Å²) in [7, 11) is 0. The van der Waals surface area contributed by atoms with Crippen LogP contribution in [0.1, 0.15) is 59.3 Å². The maximum atomic E-state index is 12.0. The summed E-state index contributed by atoms with van der Waals surface area (Å²) >= 11 is 0. The van der Waals surface area contributed by atoms with Crippen molar-refractivity contribution < 1.29 is 15.0 Å². The molecular weight excluding hydrogens is 288 g/mol. The fourth-order valence-corrected chi connectivity index (χ4v) is 5.85. The van der Waals surface area contributed by atoms with Crippen LogP contribution < -0.4 is 0 Å². The highest BCUT2D eigenvalue weighted by atomic mass is 16.4. The van der Waals surface area contributed by atoms with E-state index in [1.807, 2.05) is 13.0 Å². The van der Waals surface area contributed by atoms with E-state index in [2.05, 4.69) is 26.5 Å². The molecule has 0 aromatic carbocycles. The average molecular weight is 318 g/mol. The van der Waals surface area contributed by atoms with Crippen molar-refractivity contribution in [2.24, 2.45) is 28.1 Å². The number of carboxylic acids is 1. The molecule has 6 atom stereocenters. The number of hydrogen-bond acceptors (Lipinski definition) is 2. The summed E-state index contributed by atoms with van der Waals surface area (Å²) in [5, 5.41) is 20.6. The molecule has 0 aromatic heterocycles. The summed E-state index contributed by atoms with van der Waals surface area (Å²) < 4.78 is 0. The lowest BCUT2D eigenvalue weighted by molar-refractivity contribution is -0.168. The van der Waals surface area contributed by atoms with Crippen LogP contribution >= 0.6 is 0 Å². The number of allylic oxidation sites excluding steroid dienone is 2. The van der Waals surface area contributed by atoms with Crippen LogP contribution in [0.15, 0.2) is 24.3 Å². The summed E-state index contributed by atoms with van der Waals surface area (Å²) in [5.41, 5.74) is 0.380. The van der Waals surface area contributed by atoms with Crippen LogP contribution in [0.5, 0.6) is 0 Å². The summed E-state index contributed by atoms with van der Waals surface area (Å²) in [6.45, 7) is 10.3. The van der Waals surface area contributed by atoms with E-state index in [1.54, 1.807) is 0 Å². The molecule has 3 nitrogen and oxygen atoms in total. The van der Waals surface area contributed by atoms with Crippen LogP contribution in [0, 0.1) is 28.1 Å². The molecule has 2 saturated carbocycles. The minimum absolute atomic E-state index is 0.0149. The number of carbonyl (C=O) groups is 1. The number of rotatable bonds is 2. The molecule has 3 aliphatic rings. The van der Waals surface area contributed by atoms with Gasteiger partial charge in [0, 0.05) is 5.41 Å². The van der Waals surface area contributed by atoms with E-state index in [4.69, 9.17) is 0 Å². The van der Waals surface area contributed by atoms with E-state index < -0.39 is 17.5 Å². The van der Waals surface area contributed by atoms with Crippen molar-refractivity contribution >= 4 is 5.97 Å². The van der Waals surface area contributed by atoms with E-state index >= 15 is 0 Å². The van der Waals surface area contributed by atoms with E-state index in [1.165, 1.54) is 0 Å². The van der Waals surface area contributed by atoms with E-state index in [0.717, 1.165) is 37.7 Å². The van der Waals surface area contributed by atoms with Gasteiger partial charge in [0.15, 0.2) is 0 Å². The first-order chi connectivity index (χ1) is 10.7. The lowest BCUT2D eigenvalue weighted by Crippen LogP contribution is -2.57. The van der Waals surface area contributed by atoms with Gasteiger partial charge < -0.3 is 10.2 Å². The zero-order valence-electron chi connectivity index (χ0n) is 14.6. The van der Waals surface area contributed by atoms with Gasteiger partial charge in [-0.2, -0.15) is 0 Å². The lowest BCUT2D eigenvalue weighted by Gasteiger charge is -2.60. The molecule has 0 aliphatic heterocycles. The zero-order valence-corrected chi connectivity index (χ0v) is 14.6. The number of fused-ring (bicyclic) bond motifs is 3. The fourth-order valence-electron chi connectivity index (χ4n) is 5.85. The molecule has 0 radical (unpaired) electrons. The monoisotopic (exact) mass is 318 g/mol. The highest BCUT2D eigenvalue weighted by molar-refractivity contribution is 5.75. The SMILES string of the molecule is C=C[C@]1(C)C=C2[C@H](O)C[C@@H]3C(C)(C(=O)O)CCCC3(C)[C@@H]2CC1. The normalized spacial score (nSPS) is 49.6. The van der Waals surface area contributed by atoms with Gasteiger partial charge in [0.25, 0.3) is 0 Å². The Morgan fingerprint density at radius 3 is 2.61 bits per heavy atom. The Balaban J connectivity index is 2.05. The molecule has 0 heterocycles. The van der Waals surface area contributed by atoms with E-state index in [0.29, 0.717) is 12.3 Å². The average Bonchev–Trinajstić information content (AvgIpc) is 2.50. The van der Waals surface area contributed by atoms with Gasteiger partial charge >= 0.3 is 5.97 Å². The molecule has 0 aromatic rings. The molecule has 0 amide bonds. The van der Waals surface area contributed by atoms with Crippen LogP contribution in [0.4, 0.5) is 0 Å². The molecule has 0 saturated heterocycles. The van der Waals surface area contributed by atoms with Crippen molar-refractivity contribution in [3.05, 3.63) is 24.3 Å². The van der Waals surface area contributed by atoms with Crippen LogP contribution in [-0.2, 0) is 4.79 Å². The molecule has 2 N–H and O–H groups in total. The van der Waals surface area contributed by atoms with Gasteiger partial charge in [-0.25, -0.2) is 0 Å². The third-order valence-electron chi connectivity index (χ3n) is 7.44. The van der Waals surface area contributed by atoms with E-state index in [-0.39, 0.29) is 16.7 Å². The number of carboxylic acid groups (broad SMARTS) is 1. The predicted molar refractivity (Wildman–Crippen MR) is 90.9 cm³/mol. The minimum Gasteiger partial charge on any atom is -0.481 e. The molecule has 2 fully saturated rings. The van der Waals surface area contributed by atoms with Gasteiger partial charge in [0.05, 0.1) is 11.5 Å². The second-order valence-electron chi connectivity index (χ2n) is 8.83. The van der Waals surface area contributed by atoms with Crippen molar-refractivity contribution in [3.8, 4) is 0 Å². The zero-order chi connectivity index (χ0) is 17.0. The van der Waals surface area contributed by atoms with Gasteiger partial charge in [0.1, 0.15) is 0 Å². The molecule has 3 aliphatic carbocycles. The first kappa shape index (κ1) is 16.8. The number of hydrogen-bond donors (Lipinski definition) is 2. The number of aliphatic carboxylic acids is 1. The van der Waals surface area contributed by atoms with Gasteiger partial charge in [-0.15, -0.1) is 6.58 Å². The van der Waals surface area contributed by atoms with Crippen molar-refractivity contribution in [1.82, 2.24) is 0 Å². The topological polar surface area (TPSA) is 57.5 Å². The third-order valence-corrected chi connectivity index (χ3v) is 7.44. The highest BCUT2D eigenvalue weighted by Crippen LogP contribution is 2.63. The Bertz CT molecular complexity index is 565. The first-order valence-electron chi connectivity index (χ1n) is 8.94. The minimum atomic E-state index is -0.710. The molecule has 3 rings (SSSR count). The molecule has 128 valence electrons. The summed E-state index contributed by atoms with van der Waals surface area (Å²) in [4.78, 5) is 12.0. The van der Waals surface area contributed by atoms with Crippen LogP contribution in [0.3, 0.4) is 0 Å². The van der Waals surface area contributed by atoms with Gasteiger partial charge in [0.2, 0.25) is 0 Å². The number of aliphatic hydroxyl groups excluding tert-OH is 1. The summed E-state index contributed by atoms with van der Waals surface area (Å²) in [6, 6.07) is 0. The molecule has 0 spiro atoms. The largest absolute Gasteiger partial charge is 0.481 e. The maximum Gasteiger partial charge on any atom is 0.309 e. The van der Waals surface area contributed by atoms with Crippen LogP contribution in [-0.4, -0.2) is 22.3 Å². The Labute approximate surface area is 139 Å². The molecule has 2 unspecified atom stereocenters. The summed E-state index contributed by atoms with van der Waals surface area (Å²) in [6.07, 6.45) is 9.10. The van der Waals surface area contributed by atoms with Crippen molar-refractivity contribution in [2.75, 3.05) is 0 Å². The quantitative estimate of drug-likeness (QED) is 0.751. The number of aliphatic hydroxyl groups is 1. The molecular formula is C20H30O3. The molecule has 23 heavy (non-hydrogen) atoms. The van der Waals surface area contributed by atoms with Crippen molar-refractivity contribution in [3.63, 3.8) is 0 Å². The van der Waals surface area contributed by atoms with Crippen molar-refractivity contribution in [2.45, 2.75) is 65.4 Å². The van der Waals surface area contributed by atoms with Gasteiger partial charge in [-0.05, 0) is 61.9 Å². The molecule has 3 heteroatoms. The van der Waals surface area contributed by atoms with Crippen LogP contribution in [0.25, 0.3) is 0 Å².